The molecule has 0 aliphatic carbocycles. The summed E-state index contributed by atoms with van der Waals surface area (Å²) in [6.07, 6.45) is 2.68. The molecule has 47 heavy (non-hydrogen) atoms. The van der Waals surface area contributed by atoms with Crippen LogP contribution >= 0.6 is 0 Å². The van der Waals surface area contributed by atoms with Crippen LogP contribution in [-0.4, -0.2) is 104 Å². The van der Waals surface area contributed by atoms with Gasteiger partial charge in [-0.15, -0.1) is 0 Å². The third kappa shape index (κ3) is 6.62. The maximum atomic E-state index is 16.1. The first-order valence-electron chi connectivity index (χ1n) is 16.5. The van der Waals surface area contributed by atoms with Crippen LogP contribution in [-0.2, 0) is 4.74 Å². The number of aromatic nitrogens is 4. The Kier molecular flexibility index (Phi) is 8.48. The van der Waals surface area contributed by atoms with Crippen LogP contribution in [0.3, 0.4) is 0 Å². The Morgan fingerprint density at radius 2 is 1.55 bits per heavy atom. The lowest BCUT2D eigenvalue weighted by Crippen LogP contribution is -2.63. The van der Waals surface area contributed by atoms with E-state index in [9.17, 15) is 4.79 Å². The third-order valence-corrected chi connectivity index (χ3v) is 9.52. The molecule has 3 aliphatic rings. The number of amides is 1. The second-order valence-corrected chi connectivity index (χ2v) is 13.9. The number of benzene rings is 2. The predicted octanol–water partition coefficient (Wildman–Crippen LogP) is 5.54. The molecule has 2 N–H and O–H groups in total. The molecule has 2 aromatic heterocycles. The Balaban J connectivity index is 0.985. The SMILES string of the molecule is CC(C)(C)OC(=O)N1CC(N2CCC(N3CCC(n4nc(-c5ccc(Oc6ccccc6)cc5)c5c(N)ncnc54)[C@@H](F)C3)CC2)C1. The molecule has 2 aromatic carbocycles. The number of nitrogen functional groups attached to an aromatic ring is 1. The summed E-state index contributed by atoms with van der Waals surface area (Å²) in [5.74, 6) is 1.77. The second kappa shape index (κ2) is 12.7. The van der Waals surface area contributed by atoms with E-state index in [1.165, 1.54) is 6.33 Å². The van der Waals surface area contributed by atoms with Gasteiger partial charge < -0.3 is 20.1 Å². The first-order valence-corrected chi connectivity index (χ1v) is 16.5. The number of nitrogens with two attached hydrogens (primary N) is 1. The van der Waals surface area contributed by atoms with Crippen molar-refractivity contribution in [1.29, 1.82) is 0 Å². The Morgan fingerprint density at radius 3 is 2.23 bits per heavy atom. The largest absolute Gasteiger partial charge is 0.457 e. The standard InChI is InChI=1S/C35H43FN8O3/c1-35(2,3)47-34(45)43-19-25(20-43)41-16-13-24(14-17-41)42-18-15-29(28(36)21-42)44-33-30(32(37)38-22-39-33)31(40-44)23-9-11-27(12-10-23)46-26-7-5-4-6-8-26/h4-12,22,24-25,28-29H,13-21H2,1-3H3,(H2,37,38,39)/t28-,29?/m0/s1. The average Bonchev–Trinajstić information content (AvgIpc) is 3.41. The number of rotatable bonds is 6. The van der Waals surface area contributed by atoms with Crippen LogP contribution < -0.4 is 10.5 Å². The van der Waals surface area contributed by atoms with Crippen LogP contribution in [0.4, 0.5) is 15.0 Å². The van der Waals surface area contributed by atoms with E-state index in [-0.39, 0.29) is 6.09 Å². The van der Waals surface area contributed by atoms with Crippen LogP contribution in [0, 0.1) is 0 Å². The van der Waals surface area contributed by atoms with E-state index < -0.39 is 17.8 Å². The normalized spacial score (nSPS) is 21.9. The molecule has 12 heteroatoms. The van der Waals surface area contributed by atoms with Crippen molar-refractivity contribution >= 4 is 22.9 Å². The molecule has 1 unspecified atom stereocenters. The zero-order valence-electron chi connectivity index (χ0n) is 27.3. The number of halogens is 1. The van der Waals surface area contributed by atoms with Crippen molar-refractivity contribution in [2.24, 2.45) is 0 Å². The highest BCUT2D eigenvalue weighted by molar-refractivity contribution is 5.98. The molecule has 5 heterocycles. The highest BCUT2D eigenvalue weighted by Crippen LogP contribution is 2.37. The van der Waals surface area contributed by atoms with Crippen LogP contribution in [0.15, 0.2) is 60.9 Å². The van der Waals surface area contributed by atoms with Gasteiger partial charge in [0.15, 0.2) is 5.65 Å². The lowest BCUT2D eigenvalue weighted by Gasteiger charge is -2.49. The van der Waals surface area contributed by atoms with E-state index in [1.54, 1.807) is 9.58 Å². The third-order valence-electron chi connectivity index (χ3n) is 9.52. The molecule has 0 spiro atoms. The van der Waals surface area contributed by atoms with Gasteiger partial charge in [-0.1, -0.05) is 18.2 Å². The maximum absolute atomic E-state index is 16.1. The predicted molar refractivity (Wildman–Crippen MR) is 178 cm³/mol. The minimum atomic E-state index is -1.11. The second-order valence-electron chi connectivity index (χ2n) is 13.9. The van der Waals surface area contributed by atoms with Gasteiger partial charge in [-0.25, -0.2) is 23.8 Å². The van der Waals surface area contributed by atoms with Gasteiger partial charge >= 0.3 is 6.09 Å². The number of ether oxygens (including phenoxy) is 2. The van der Waals surface area contributed by atoms with Crippen LogP contribution in [0.5, 0.6) is 11.5 Å². The minimum Gasteiger partial charge on any atom is -0.457 e. The summed E-state index contributed by atoms with van der Waals surface area (Å²) < 4.78 is 29.3. The van der Waals surface area contributed by atoms with E-state index >= 15 is 4.39 Å². The van der Waals surface area contributed by atoms with E-state index in [0.717, 1.165) is 43.8 Å². The number of piperidine rings is 2. The van der Waals surface area contributed by atoms with Crippen LogP contribution in [0.25, 0.3) is 22.3 Å². The number of fused-ring (bicyclic) bond motifs is 1. The Hall–Kier alpha value is -4.29. The summed E-state index contributed by atoms with van der Waals surface area (Å²) in [5.41, 5.74) is 7.88. The molecular formula is C35H43FN8O3. The number of anilines is 1. The number of carbonyl (C=O) groups excluding carboxylic acids is 1. The Morgan fingerprint density at radius 1 is 0.872 bits per heavy atom. The van der Waals surface area contributed by atoms with E-state index in [1.807, 2.05) is 75.4 Å². The van der Waals surface area contributed by atoms with Crippen molar-refractivity contribution in [3.05, 3.63) is 60.9 Å². The van der Waals surface area contributed by atoms with Gasteiger partial charge in [0.05, 0.1) is 11.4 Å². The Bertz CT molecular complexity index is 1700. The van der Waals surface area contributed by atoms with Crippen molar-refractivity contribution in [2.45, 2.75) is 69.9 Å². The Labute approximate surface area is 274 Å². The highest BCUT2D eigenvalue weighted by Gasteiger charge is 2.41. The fourth-order valence-electron chi connectivity index (χ4n) is 7.04. The summed E-state index contributed by atoms with van der Waals surface area (Å²) in [5, 5.41) is 5.55. The summed E-state index contributed by atoms with van der Waals surface area (Å²) in [4.78, 5) is 27.6. The number of nitrogens with zero attached hydrogens (tertiary/aromatic N) is 7. The molecule has 0 radical (unpaired) electrons. The molecule has 0 bridgehead atoms. The lowest BCUT2D eigenvalue weighted by molar-refractivity contribution is -0.0289. The van der Waals surface area contributed by atoms with Gasteiger partial charge in [-0.2, -0.15) is 5.10 Å². The van der Waals surface area contributed by atoms with Crippen molar-refractivity contribution in [1.82, 2.24) is 34.4 Å². The monoisotopic (exact) mass is 642 g/mol. The fraction of sp³-hybridized carbons (Fsp3) is 0.486. The van der Waals surface area contributed by atoms with Crippen LogP contribution in [0.1, 0.15) is 46.1 Å². The quantitative estimate of drug-likeness (QED) is 0.290. The van der Waals surface area contributed by atoms with Gasteiger partial charge in [0.25, 0.3) is 0 Å². The van der Waals surface area contributed by atoms with Crippen molar-refractivity contribution in [3.8, 4) is 22.8 Å². The van der Waals surface area contributed by atoms with E-state index in [2.05, 4.69) is 19.8 Å². The molecule has 1 amide bonds. The molecule has 3 aliphatic heterocycles. The molecular weight excluding hydrogens is 599 g/mol. The fourth-order valence-corrected chi connectivity index (χ4v) is 7.04. The molecule has 248 valence electrons. The topological polar surface area (TPSA) is 115 Å². The van der Waals surface area contributed by atoms with Gasteiger partial charge in [0, 0.05) is 56.9 Å². The molecule has 0 saturated carbocycles. The van der Waals surface area contributed by atoms with Crippen molar-refractivity contribution < 1.29 is 18.7 Å². The summed E-state index contributed by atoms with van der Waals surface area (Å²) >= 11 is 0. The summed E-state index contributed by atoms with van der Waals surface area (Å²) in [6.45, 7) is 10.1. The first kappa shape index (κ1) is 31.3. The van der Waals surface area contributed by atoms with Crippen molar-refractivity contribution in [3.63, 3.8) is 0 Å². The number of hydrogen-bond donors (Lipinski definition) is 1. The smallest absolute Gasteiger partial charge is 0.410 e. The zero-order chi connectivity index (χ0) is 32.7. The number of likely N-dealkylation sites (tertiary alicyclic amines) is 3. The maximum Gasteiger partial charge on any atom is 0.410 e. The molecule has 11 nitrogen and oxygen atoms in total. The van der Waals surface area contributed by atoms with Gasteiger partial charge in [0.2, 0.25) is 0 Å². The lowest BCUT2D eigenvalue weighted by atomic mass is 9.95. The van der Waals surface area contributed by atoms with Gasteiger partial charge in [0.1, 0.15) is 41.1 Å². The summed E-state index contributed by atoms with van der Waals surface area (Å²) in [6, 6.07) is 17.5. The average molecular weight is 643 g/mol. The molecule has 3 fully saturated rings. The number of alkyl halides is 1. The molecule has 7 rings (SSSR count). The van der Waals surface area contributed by atoms with E-state index in [0.29, 0.717) is 66.4 Å². The number of para-hydroxylation sites is 1. The van der Waals surface area contributed by atoms with Crippen LogP contribution in [0.2, 0.25) is 0 Å². The molecule has 3 saturated heterocycles. The molecule has 2 atom stereocenters. The first-order chi connectivity index (χ1) is 22.6. The van der Waals surface area contributed by atoms with E-state index in [4.69, 9.17) is 20.3 Å². The number of hydrogen-bond acceptors (Lipinski definition) is 9. The van der Waals surface area contributed by atoms with Crippen molar-refractivity contribution in [2.75, 3.05) is 45.0 Å². The molecule has 4 aromatic rings. The van der Waals surface area contributed by atoms with Gasteiger partial charge in [-0.3, -0.25) is 9.80 Å². The zero-order valence-corrected chi connectivity index (χ0v) is 27.3. The van der Waals surface area contributed by atoms with Gasteiger partial charge in [-0.05, 0) is 76.4 Å². The summed E-state index contributed by atoms with van der Waals surface area (Å²) in [7, 11) is 0. The minimum absolute atomic E-state index is 0.238. The number of carbonyl (C=O) groups is 1. The highest BCUT2D eigenvalue weighted by atomic mass is 19.1.